The van der Waals surface area contributed by atoms with Crippen molar-refractivity contribution in [3.05, 3.63) is 204 Å². The van der Waals surface area contributed by atoms with Gasteiger partial charge in [-0.15, -0.1) is 0 Å². The molecule has 0 aliphatic carbocycles. The van der Waals surface area contributed by atoms with E-state index in [0.29, 0.717) is 5.69 Å². The molecule has 0 fully saturated rings. The summed E-state index contributed by atoms with van der Waals surface area (Å²) in [6, 6.07) is 49.1. The van der Waals surface area contributed by atoms with E-state index in [9.17, 15) is 18.0 Å². The number of fused-ring (bicyclic) bond motifs is 1. The standard InChI is InChI=1S/C47H43N3O6S/c1-34-25-27-42(28-26-34)57(53,54)56-32-37(29-36-17-14-16-35-15-12-13-24-43(35)36)45(51)49-44(46(52)55-2)30-41-31-50(33-48-41)47(38-18-6-3-7-19-38,39-20-8-4-9-21-39)40-22-10-5-11-23-40/h3-28,31,33,37,44H,29-30,32H2,1-2H3,(H,49,51)/t37-,44+/m1/s1. The van der Waals surface area contributed by atoms with Gasteiger partial charge in [-0.1, -0.05) is 151 Å². The van der Waals surface area contributed by atoms with Crippen LogP contribution in [0.5, 0.6) is 0 Å². The van der Waals surface area contributed by atoms with E-state index in [4.69, 9.17) is 13.9 Å². The Morgan fingerprint density at radius 2 is 1.28 bits per heavy atom. The van der Waals surface area contributed by atoms with Crippen LogP contribution in [0.2, 0.25) is 0 Å². The number of carbonyl (C=O) groups excluding carboxylic acids is 2. The zero-order valence-corrected chi connectivity index (χ0v) is 32.5. The highest BCUT2D eigenvalue weighted by atomic mass is 32.2. The van der Waals surface area contributed by atoms with Gasteiger partial charge < -0.3 is 14.6 Å². The molecule has 1 amide bonds. The lowest BCUT2D eigenvalue weighted by molar-refractivity contribution is -0.145. The molecule has 0 unspecified atom stereocenters. The minimum absolute atomic E-state index is 0.00335. The number of aryl methyl sites for hydroxylation is 1. The number of hydrogen-bond acceptors (Lipinski definition) is 7. The van der Waals surface area contributed by atoms with Crippen LogP contribution in [0.1, 0.15) is 33.5 Å². The topological polar surface area (TPSA) is 117 Å². The van der Waals surface area contributed by atoms with E-state index in [1.54, 1.807) is 18.5 Å². The molecule has 0 bridgehead atoms. The van der Waals surface area contributed by atoms with Crippen molar-refractivity contribution in [1.82, 2.24) is 14.9 Å². The van der Waals surface area contributed by atoms with Gasteiger partial charge in [-0.05, 0) is 58.5 Å². The van der Waals surface area contributed by atoms with Crippen LogP contribution in [0.15, 0.2) is 175 Å². The highest BCUT2D eigenvalue weighted by molar-refractivity contribution is 7.86. The number of hydrogen-bond donors (Lipinski definition) is 1. The third-order valence-electron chi connectivity index (χ3n) is 10.3. The molecule has 9 nitrogen and oxygen atoms in total. The molecule has 1 aromatic heterocycles. The van der Waals surface area contributed by atoms with E-state index in [0.717, 1.165) is 38.6 Å². The molecule has 57 heavy (non-hydrogen) atoms. The Bertz CT molecular complexity index is 2460. The molecule has 1 N–H and O–H groups in total. The Morgan fingerprint density at radius 1 is 0.719 bits per heavy atom. The maximum absolute atomic E-state index is 14.3. The van der Waals surface area contributed by atoms with Gasteiger partial charge in [0.15, 0.2) is 0 Å². The normalized spacial score (nSPS) is 12.8. The van der Waals surface area contributed by atoms with Crippen molar-refractivity contribution in [3.8, 4) is 0 Å². The number of nitrogens with one attached hydrogen (secondary N) is 1. The molecular weight excluding hydrogens is 735 g/mol. The first-order valence-corrected chi connectivity index (χ1v) is 20.1. The number of ether oxygens (including phenoxy) is 1. The molecule has 6 aromatic carbocycles. The molecular formula is C47H43N3O6S. The predicted octanol–water partition coefficient (Wildman–Crippen LogP) is 7.65. The Labute approximate surface area is 333 Å². The fourth-order valence-electron chi connectivity index (χ4n) is 7.38. The summed E-state index contributed by atoms with van der Waals surface area (Å²) in [7, 11) is -2.94. The second kappa shape index (κ2) is 17.2. The second-order valence-electron chi connectivity index (χ2n) is 14.0. The smallest absolute Gasteiger partial charge is 0.328 e. The fraction of sp³-hybridized carbons (Fsp3) is 0.170. The first kappa shape index (κ1) is 38.9. The number of methoxy groups -OCH3 is 1. The van der Waals surface area contributed by atoms with Crippen molar-refractivity contribution in [3.63, 3.8) is 0 Å². The van der Waals surface area contributed by atoms with Gasteiger partial charge in [0.1, 0.15) is 11.6 Å². The van der Waals surface area contributed by atoms with Crippen molar-refractivity contribution >= 4 is 32.8 Å². The zero-order chi connectivity index (χ0) is 39.8. The summed E-state index contributed by atoms with van der Waals surface area (Å²) in [5.74, 6) is -2.23. The lowest BCUT2D eigenvalue weighted by Crippen LogP contribution is -2.47. The lowest BCUT2D eigenvalue weighted by Gasteiger charge is -2.37. The van der Waals surface area contributed by atoms with Gasteiger partial charge in [-0.25, -0.2) is 9.78 Å². The summed E-state index contributed by atoms with van der Waals surface area (Å²) >= 11 is 0. The van der Waals surface area contributed by atoms with Gasteiger partial charge in [0.25, 0.3) is 10.1 Å². The summed E-state index contributed by atoms with van der Waals surface area (Å²) in [5.41, 5.74) is 4.43. The van der Waals surface area contributed by atoms with E-state index in [1.165, 1.54) is 19.2 Å². The molecule has 0 saturated heterocycles. The van der Waals surface area contributed by atoms with Crippen LogP contribution < -0.4 is 5.32 Å². The minimum atomic E-state index is -4.20. The Hall–Kier alpha value is -6.36. The SMILES string of the molecule is COC(=O)[C@H](Cc1cn(C(c2ccccc2)(c2ccccc2)c2ccccc2)cn1)NC(=O)[C@@H](COS(=O)(=O)c1ccc(C)cc1)Cc1cccc2ccccc12. The van der Waals surface area contributed by atoms with E-state index < -0.39 is 46.1 Å². The van der Waals surface area contributed by atoms with Crippen LogP contribution in [0.4, 0.5) is 0 Å². The van der Waals surface area contributed by atoms with Gasteiger partial charge in [0.2, 0.25) is 5.91 Å². The number of carbonyl (C=O) groups is 2. The van der Waals surface area contributed by atoms with E-state index >= 15 is 0 Å². The van der Waals surface area contributed by atoms with Crippen molar-refractivity contribution in [2.24, 2.45) is 5.92 Å². The third-order valence-corrected chi connectivity index (χ3v) is 11.6. The second-order valence-corrected chi connectivity index (χ2v) is 15.6. The maximum Gasteiger partial charge on any atom is 0.328 e. The van der Waals surface area contributed by atoms with Crippen LogP contribution in [-0.4, -0.2) is 49.6 Å². The van der Waals surface area contributed by atoms with Gasteiger partial charge in [-0.2, -0.15) is 8.42 Å². The molecule has 1 heterocycles. The molecule has 0 radical (unpaired) electrons. The molecule has 10 heteroatoms. The fourth-order valence-corrected chi connectivity index (χ4v) is 8.33. The van der Waals surface area contributed by atoms with Crippen molar-refractivity contribution < 1.29 is 26.9 Å². The minimum Gasteiger partial charge on any atom is -0.467 e. The summed E-state index contributed by atoms with van der Waals surface area (Å²) in [5, 5.41) is 4.77. The molecule has 7 rings (SSSR count). The molecule has 0 saturated carbocycles. The number of aromatic nitrogens is 2. The van der Waals surface area contributed by atoms with Crippen molar-refractivity contribution in [2.75, 3.05) is 13.7 Å². The molecule has 2 atom stereocenters. The summed E-state index contributed by atoms with van der Waals surface area (Å²) in [6.45, 7) is 1.40. The van der Waals surface area contributed by atoms with Crippen LogP contribution in [0.25, 0.3) is 10.8 Å². The highest BCUT2D eigenvalue weighted by Gasteiger charge is 2.39. The summed E-state index contributed by atoms with van der Waals surface area (Å²) < 4.78 is 39.4. The van der Waals surface area contributed by atoms with Gasteiger partial charge in [-0.3, -0.25) is 8.98 Å². The van der Waals surface area contributed by atoms with Crippen LogP contribution >= 0.6 is 0 Å². The number of amides is 1. The number of benzene rings is 6. The van der Waals surface area contributed by atoms with Crippen LogP contribution in [0.3, 0.4) is 0 Å². The molecule has 0 aliphatic heterocycles. The maximum atomic E-state index is 14.3. The molecule has 288 valence electrons. The predicted molar refractivity (Wildman–Crippen MR) is 220 cm³/mol. The third kappa shape index (κ3) is 8.42. The van der Waals surface area contributed by atoms with Crippen LogP contribution in [-0.2, 0) is 47.0 Å². The van der Waals surface area contributed by atoms with Crippen molar-refractivity contribution in [2.45, 2.75) is 36.2 Å². The van der Waals surface area contributed by atoms with E-state index in [2.05, 4.69) is 41.7 Å². The number of rotatable bonds is 15. The number of imidazole rings is 1. The average Bonchev–Trinajstić information content (AvgIpc) is 3.72. The molecule has 7 aromatic rings. The first-order valence-electron chi connectivity index (χ1n) is 18.7. The summed E-state index contributed by atoms with van der Waals surface area (Å²) in [6.07, 6.45) is 3.78. The van der Waals surface area contributed by atoms with Gasteiger partial charge in [0.05, 0.1) is 36.6 Å². The molecule has 0 aliphatic rings. The zero-order valence-electron chi connectivity index (χ0n) is 31.7. The lowest BCUT2D eigenvalue weighted by atomic mass is 9.77. The number of nitrogens with zero attached hydrogens (tertiary/aromatic N) is 2. The quantitative estimate of drug-likeness (QED) is 0.0646. The van der Waals surface area contributed by atoms with Gasteiger partial charge >= 0.3 is 5.97 Å². The summed E-state index contributed by atoms with van der Waals surface area (Å²) in [4.78, 5) is 32.5. The molecule has 0 spiro atoms. The van der Waals surface area contributed by atoms with E-state index in [1.807, 2.05) is 115 Å². The number of esters is 1. The first-order chi connectivity index (χ1) is 27.7. The van der Waals surface area contributed by atoms with Gasteiger partial charge in [0, 0.05) is 12.6 Å². The average molecular weight is 778 g/mol. The van der Waals surface area contributed by atoms with Crippen LogP contribution in [0, 0.1) is 12.8 Å². The Morgan fingerprint density at radius 3 is 1.88 bits per heavy atom. The highest BCUT2D eigenvalue weighted by Crippen LogP contribution is 2.41. The Kier molecular flexibility index (Phi) is 11.7. The van der Waals surface area contributed by atoms with Crippen molar-refractivity contribution in [1.29, 1.82) is 0 Å². The van der Waals surface area contributed by atoms with E-state index in [-0.39, 0.29) is 17.7 Å². The Balaban J connectivity index is 1.21. The monoisotopic (exact) mass is 777 g/mol. The largest absolute Gasteiger partial charge is 0.467 e.